The lowest BCUT2D eigenvalue weighted by Crippen LogP contribution is -2.50. The smallest absolute Gasteiger partial charge is 0.141 e. The fourth-order valence-corrected chi connectivity index (χ4v) is 4.70. The first-order valence-electron chi connectivity index (χ1n) is 10.8. The number of rotatable bonds is 1. The van der Waals surface area contributed by atoms with Crippen LogP contribution in [0.3, 0.4) is 0 Å². The molecule has 31 heavy (non-hydrogen) atoms. The number of hydrogen-bond acceptors (Lipinski definition) is 4. The topological polar surface area (TPSA) is 58.3 Å². The average Bonchev–Trinajstić information content (AvgIpc) is 3.04. The summed E-state index contributed by atoms with van der Waals surface area (Å²) in [6.07, 6.45) is -0.543. The molecule has 2 aromatic carbocycles. The SMILES string of the molecule is Cc1cccc(C#Cc2c(-c3c(C)noc3C)cc(C)c3c2C(C)C(O)C(C)(C)N3)c1. The van der Waals surface area contributed by atoms with E-state index < -0.39 is 11.6 Å². The monoisotopic (exact) mass is 414 g/mol. The van der Waals surface area contributed by atoms with Gasteiger partial charge in [-0.15, -0.1) is 0 Å². The van der Waals surface area contributed by atoms with Crippen LogP contribution < -0.4 is 5.32 Å². The molecule has 0 bridgehead atoms. The molecule has 0 spiro atoms. The van der Waals surface area contributed by atoms with Crippen LogP contribution in [0.15, 0.2) is 34.9 Å². The zero-order valence-electron chi connectivity index (χ0n) is 19.3. The maximum absolute atomic E-state index is 11.1. The maximum atomic E-state index is 11.1. The van der Waals surface area contributed by atoms with Gasteiger partial charge in [0.25, 0.3) is 0 Å². The summed E-state index contributed by atoms with van der Waals surface area (Å²) in [4.78, 5) is 0. The Morgan fingerprint density at radius 2 is 1.84 bits per heavy atom. The largest absolute Gasteiger partial charge is 0.390 e. The predicted octanol–water partition coefficient (Wildman–Crippen LogP) is 5.64. The third-order valence-electron chi connectivity index (χ3n) is 6.33. The van der Waals surface area contributed by atoms with E-state index in [2.05, 4.69) is 61.3 Å². The lowest BCUT2D eigenvalue weighted by atomic mass is 9.75. The predicted molar refractivity (Wildman–Crippen MR) is 125 cm³/mol. The first kappa shape index (κ1) is 21.2. The third-order valence-corrected chi connectivity index (χ3v) is 6.33. The summed E-state index contributed by atoms with van der Waals surface area (Å²) in [7, 11) is 0. The number of hydrogen-bond donors (Lipinski definition) is 2. The lowest BCUT2D eigenvalue weighted by Gasteiger charge is -2.43. The van der Waals surface area contributed by atoms with Crippen LogP contribution in [0, 0.1) is 39.5 Å². The van der Waals surface area contributed by atoms with E-state index in [4.69, 9.17) is 4.52 Å². The van der Waals surface area contributed by atoms with E-state index in [9.17, 15) is 5.11 Å². The molecule has 0 radical (unpaired) electrons. The zero-order valence-corrected chi connectivity index (χ0v) is 19.3. The Bertz CT molecular complexity index is 1200. The van der Waals surface area contributed by atoms with E-state index in [0.29, 0.717) is 0 Å². The van der Waals surface area contributed by atoms with Crippen molar-refractivity contribution >= 4 is 5.69 Å². The Balaban J connectivity index is 2.03. The Hall–Kier alpha value is -3.03. The molecule has 2 unspecified atom stereocenters. The fourth-order valence-electron chi connectivity index (χ4n) is 4.70. The third kappa shape index (κ3) is 3.64. The molecule has 4 rings (SSSR count). The van der Waals surface area contributed by atoms with Crippen molar-refractivity contribution in [1.82, 2.24) is 5.16 Å². The number of benzene rings is 2. The van der Waals surface area contributed by atoms with E-state index in [-0.39, 0.29) is 5.92 Å². The van der Waals surface area contributed by atoms with E-state index in [1.165, 1.54) is 5.56 Å². The molecule has 2 atom stereocenters. The molecule has 0 saturated carbocycles. The Kier molecular flexibility index (Phi) is 5.19. The van der Waals surface area contributed by atoms with Crippen LogP contribution in [0.5, 0.6) is 0 Å². The van der Waals surface area contributed by atoms with Crippen molar-refractivity contribution in [3.63, 3.8) is 0 Å². The molecule has 0 amide bonds. The van der Waals surface area contributed by atoms with Crippen LogP contribution in [-0.2, 0) is 0 Å². The number of aliphatic hydroxyl groups excluding tert-OH is 1. The van der Waals surface area contributed by atoms with Gasteiger partial charge in [0, 0.05) is 33.9 Å². The van der Waals surface area contributed by atoms with Crippen molar-refractivity contribution in [2.75, 3.05) is 5.32 Å². The number of aliphatic hydroxyl groups is 1. The highest BCUT2D eigenvalue weighted by Gasteiger charge is 2.41. The minimum absolute atomic E-state index is 0.0767. The van der Waals surface area contributed by atoms with Crippen LogP contribution >= 0.6 is 0 Å². The van der Waals surface area contributed by atoms with Gasteiger partial charge in [0.15, 0.2) is 0 Å². The van der Waals surface area contributed by atoms with Crippen molar-refractivity contribution in [3.8, 4) is 23.0 Å². The number of anilines is 1. The van der Waals surface area contributed by atoms with Crippen LogP contribution in [0.4, 0.5) is 5.69 Å². The van der Waals surface area contributed by atoms with Crippen molar-refractivity contribution < 1.29 is 9.63 Å². The quantitative estimate of drug-likeness (QED) is 0.506. The molecule has 1 aromatic heterocycles. The van der Waals surface area contributed by atoms with Crippen molar-refractivity contribution in [2.45, 2.75) is 66.0 Å². The summed E-state index contributed by atoms with van der Waals surface area (Å²) in [5, 5.41) is 18.8. The van der Waals surface area contributed by atoms with Crippen molar-refractivity contribution in [3.05, 3.63) is 69.6 Å². The second-order valence-corrected chi connectivity index (χ2v) is 9.30. The summed E-state index contributed by atoms with van der Waals surface area (Å²) in [6, 6.07) is 10.4. The maximum Gasteiger partial charge on any atom is 0.141 e. The molecule has 160 valence electrons. The molecule has 0 saturated heterocycles. The molecule has 2 heterocycles. The van der Waals surface area contributed by atoms with Crippen molar-refractivity contribution in [2.24, 2.45) is 0 Å². The summed E-state index contributed by atoms with van der Waals surface area (Å²) in [6.45, 7) is 14.2. The van der Waals surface area contributed by atoms with Gasteiger partial charge in [-0.3, -0.25) is 0 Å². The zero-order chi connectivity index (χ0) is 22.5. The number of aryl methyl sites for hydroxylation is 4. The normalized spacial score (nSPS) is 19.2. The molecule has 0 aliphatic carbocycles. The van der Waals surface area contributed by atoms with E-state index in [0.717, 1.165) is 50.5 Å². The van der Waals surface area contributed by atoms with Gasteiger partial charge in [0.1, 0.15) is 5.76 Å². The van der Waals surface area contributed by atoms with Crippen LogP contribution in [0.2, 0.25) is 0 Å². The second kappa shape index (κ2) is 7.59. The van der Waals surface area contributed by atoms with Gasteiger partial charge in [0.05, 0.1) is 17.3 Å². The highest BCUT2D eigenvalue weighted by molar-refractivity contribution is 5.83. The van der Waals surface area contributed by atoms with Gasteiger partial charge < -0.3 is 14.9 Å². The lowest BCUT2D eigenvalue weighted by molar-refractivity contribution is 0.0868. The minimum Gasteiger partial charge on any atom is -0.390 e. The first-order valence-corrected chi connectivity index (χ1v) is 10.8. The van der Waals surface area contributed by atoms with E-state index in [1.54, 1.807) is 0 Å². The molecule has 4 nitrogen and oxygen atoms in total. The summed E-state index contributed by atoms with van der Waals surface area (Å²) < 4.78 is 5.48. The van der Waals surface area contributed by atoms with Gasteiger partial charge >= 0.3 is 0 Å². The number of fused-ring (bicyclic) bond motifs is 1. The molecule has 1 aliphatic heterocycles. The number of nitrogens with one attached hydrogen (secondary N) is 1. The summed E-state index contributed by atoms with van der Waals surface area (Å²) in [5.74, 6) is 7.52. The van der Waals surface area contributed by atoms with E-state index in [1.807, 2.05) is 39.8 Å². The Labute approximate surface area is 184 Å². The molecular formula is C27H30N2O2. The summed E-state index contributed by atoms with van der Waals surface area (Å²) in [5.41, 5.74) is 8.71. The summed E-state index contributed by atoms with van der Waals surface area (Å²) >= 11 is 0. The van der Waals surface area contributed by atoms with Crippen molar-refractivity contribution in [1.29, 1.82) is 0 Å². The molecule has 2 N–H and O–H groups in total. The molecule has 1 aliphatic rings. The highest BCUT2D eigenvalue weighted by Crippen LogP contribution is 2.46. The Morgan fingerprint density at radius 3 is 2.48 bits per heavy atom. The van der Waals surface area contributed by atoms with Crippen LogP contribution in [0.1, 0.15) is 66.0 Å². The van der Waals surface area contributed by atoms with Gasteiger partial charge in [-0.05, 0) is 76.4 Å². The Morgan fingerprint density at radius 1 is 1.10 bits per heavy atom. The molecular weight excluding hydrogens is 384 g/mol. The van der Waals surface area contributed by atoms with Gasteiger partial charge in [-0.25, -0.2) is 0 Å². The number of nitrogens with zero attached hydrogens (tertiary/aromatic N) is 1. The second-order valence-electron chi connectivity index (χ2n) is 9.30. The van der Waals surface area contributed by atoms with E-state index >= 15 is 0 Å². The standard InChI is InChI=1S/C27H30N2O2/c1-15-9-8-10-20(13-15)11-12-21-22(24-18(4)29-31-19(24)5)14-16(2)25-23(21)17(3)26(30)27(6,7)28-25/h8-10,13-14,17,26,28,30H,1-7H3. The molecule has 4 heteroatoms. The van der Waals surface area contributed by atoms with Gasteiger partial charge in [0.2, 0.25) is 0 Å². The first-order chi connectivity index (χ1) is 14.6. The fraction of sp³-hybridized carbons (Fsp3) is 0.370. The van der Waals surface area contributed by atoms with Crippen LogP contribution in [-0.4, -0.2) is 21.9 Å². The number of aromatic nitrogens is 1. The molecule has 3 aromatic rings. The average molecular weight is 415 g/mol. The van der Waals surface area contributed by atoms with Gasteiger partial charge in [-0.1, -0.05) is 36.1 Å². The minimum atomic E-state index is -0.543. The molecule has 0 fully saturated rings. The highest BCUT2D eigenvalue weighted by atomic mass is 16.5. The van der Waals surface area contributed by atoms with Gasteiger partial charge in [-0.2, -0.15) is 0 Å². The van der Waals surface area contributed by atoms with Crippen LogP contribution in [0.25, 0.3) is 11.1 Å².